The zero-order valence-electron chi connectivity index (χ0n) is 11.2. The van der Waals surface area contributed by atoms with Gasteiger partial charge in [-0.25, -0.2) is 4.39 Å². The monoisotopic (exact) mass is 340 g/mol. The topological polar surface area (TPSA) is 27.7 Å². The van der Waals surface area contributed by atoms with Gasteiger partial charge in [0, 0.05) is 4.47 Å². The molecule has 0 saturated carbocycles. The molecule has 5 heteroatoms. The van der Waals surface area contributed by atoms with Crippen molar-refractivity contribution >= 4 is 15.9 Å². The maximum Gasteiger partial charge on any atom is 0.165 e. The molecule has 2 aromatic carbocycles. The SMILES string of the molecule is COc1ccc(COc2cc(Br)ccc2F)cc1OC. The minimum absolute atomic E-state index is 0.203. The summed E-state index contributed by atoms with van der Waals surface area (Å²) in [5, 5.41) is 0. The second-order valence-corrected chi connectivity index (χ2v) is 4.97. The highest BCUT2D eigenvalue weighted by atomic mass is 79.9. The highest BCUT2D eigenvalue weighted by molar-refractivity contribution is 9.10. The Bertz CT molecular complexity index is 602. The van der Waals surface area contributed by atoms with Gasteiger partial charge in [-0.3, -0.25) is 0 Å². The number of rotatable bonds is 5. The first-order chi connectivity index (χ1) is 9.63. The third kappa shape index (κ3) is 3.42. The minimum atomic E-state index is -0.395. The van der Waals surface area contributed by atoms with Crippen molar-refractivity contribution in [2.45, 2.75) is 6.61 Å². The van der Waals surface area contributed by atoms with Gasteiger partial charge in [-0.2, -0.15) is 0 Å². The van der Waals surface area contributed by atoms with Gasteiger partial charge in [0.15, 0.2) is 23.1 Å². The lowest BCUT2D eigenvalue weighted by Gasteiger charge is -2.11. The van der Waals surface area contributed by atoms with Gasteiger partial charge in [-0.15, -0.1) is 0 Å². The third-order valence-corrected chi connectivity index (χ3v) is 3.23. The Balaban J connectivity index is 2.12. The van der Waals surface area contributed by atoms with Crippen molar-refractivity contribution in [1.29, 1.82) is 0 Å². The molecule has 106 valence electrons. The average Bonchev–Trinajstić information content (AvgIpc) is 2.47. The fourth-order valence-corrected chi connectivity index (χ4v) is 2.06. The van der Waals surface area contributed by atoms with Gasteiger partial charge in [0.05, 0.1) is 14.2 Å². The summed E-state index contributed by atoms with van der Waals surface area (Å²) in [6, 6.07) is 10.0. The molecule has 0 saturated heterocycles. The molecule has 0 bridgehead atoms. The highest BCUT2D eigenvalue weighted by Crippen LogP contribution is 2.28. The molecule has 0 N–H and O–H groups in total. The molecule has 0 fully saturated rings. The number of halogens is 2. The Morgan fingerprint density at radius 2 is 1.70 bits per heavy atom. The van der Waals surface area contributed by atoms with Crippen LogP contribution in [-0.4, -0.2) is 14.2 Å². The Morgan fingerprint density at radius 1 is 0.950 bits per heavy atom. The summed E-state index contributed by atoms with van der Waals surface area (Å²) in [5.74, 6) is 1.07. The van der Waals surface area contributed by atoms with Crippen molar-refractivity contribution in [3.8, 4) is 17.2 Å². The van der Waals surface area contributed by atoms with Crippen molar-refractivity contribution in [3.05, 3.63) is 52.3 Å². The van der Waals surface area contributed by atoms with Crippen LogP contribution in [0.15, 0.2) is 40.9 Å². The van der Waals surface area contributed by atoms with E-state index < -0.39 is 5.82 Å². The Hall–Kier alpha value is -1.75. The molecule has 0 unspecified atom stereocenters. The predicted octanol–water partition coefficient (Wildman–Crippen LogP) is 4.18. The van der Waals surface area contributed by atoms with E-state index in [-0.39, 0.29) is 12.4 Å². The summed E-state index contributed by atoms with van der Waals surface area (Å²) >= 11 is 3.28. The molecule has 0 aliphatic heterocycles. The number of benzene rings is 2. The zero-order chi connectivity index (χ0) is 14.5. The molecule has 0 radical (unpaired) electrons. The maximum absolute atomic E-state index is 13.5. The standard InChI is InChI=1S/C15H14BrFO3/c1-18-13-6-3-10(7-15(13)19-2)9-20-14-8-11(16)4-5-12(14)17/h3-8H,9H2,1-2H3. The Labute approximate surface area is 125 Å². The normalized spacial score (nSPS) is 10.2. The first kappa shape index (κ1) is 14.7. The second kappa shape index (κ2) is 6.61. The van der Waals surface area contributed by atoms with Crippen molar-refractivity contribution in [3.63, 3.8) is 0 Å². The van der Waals surface area contributed by atoms with Gasteiger partial charge >= 0.3 is 0 Å². The summed E-state index contributed by atoms with van der Waals surface area (Å²) in [7, 11) is 3.14. The van der Waals surface area contributed by atoms with Crippen LogP contribution in [0.2, 0.25) is 0 Å². The number of methoxy groups -OCH3 is 2. The first-order valence-electron chi connectivity index (χ1n) is 5.93. The molecule has 0 aliphatic rings. The number of hydrogen-bond acceptors (Lipinski definition) is 3. The largest absolute Gasteiger partial charge is 0.493 e. The van der Waals surface area contributed by atoms with E-state index in [1.54, 1.807) is 38.5 Å². The van der Waals surface area contributed by atoms with E-state index in [9.17, 15) is 4.39 Å². The molecule has 2 aromatic rings. The molecule has 0 spiro atoms. The first-order valence-corrected chi connectivity index (χ1v) is 6.72. The Morgan fingerprint density at radius 3 is 2.40 bits per heavy atom. The summed E-state index contributed by atoms with van der Waals surface area (Å²) in [5.41, 5.74) is 0.863. The van der Waals surface area contributed by atoms with Crippen LogP contribution in [0.3, 0.4) is 0 Å². The summed E-state index contributed by atoms with van der Waals surface area (Å²) < 4.78 is 30.2. The molecule has 0 atom stereocenters. The van der Waals surface area contributed by atoms with Gasteiger partial charge in [0.2, 0.25) is 0 Å². The van der Waals surface area contributed by atoms with Crippen LogP contribution < -0.4 is 14.2 Å². The summed E-state index contributed by atoms with van der Waals surface area (Å²) in [4.78, 5) is 0. The third-order valence-electron chi connectivity index (χ3n) is 2.74. The zero-order valence-corrected chi connectivity index (χ0v) is 12.7. The van der Waals surface area contributed by atoms with Gasteiger partial charge in [0.25, 0.3) is 0 Å². The van der Waals surface area contributed by atoms with Crippen LogP contribution >= 0.6 is 15.9 Å². The van der Waals surface area contributed by atoms with Gasteiger partial charge in [-0.05, 0) is 35.9 Å². The van der Waals surface area contributed by atoms with Gasteiger partial charge in [0.1, 0.15) is 6.61 Å². The minimum Gasteiger partial charge on any atom is -0.493 e. The van der Waals surface area contributed by atoms with Crippen LogP contribution in [0, 0.1) is 5.82 Å². The summed E-state index contributed by atoms with van der Waals surface area (Å²) in [6.45, 7) is 0.244. The highest BCUT2D eigenvalue weighted by Gasteiger charge is 2.07. The second-order valence-electron chi connectivity index (χ2n) is 4.05. The van der Waals surface area contributed by atoms with E-state index in [0.29, 0.717) is 11.5 Å². The Kier molecular flexibility index (Phi) is 4.84. The van der Waals surface area contributed by atoms with Gasteiger partial charge < -0.3 is 14.2 Å². The number of ether oxygens (including phenoxy) is 3. The fourth-order valence-electron chi connectivity index (χ4n) is 1.72. The fraction of sp³-hybridized carbons (Fsp3) is 0.200. The summed E-state index contributed by atoms with van der Waals surface area (Å²) in [6.07, 6.45) is 0. The molecule has 20 heavy (non-hydrogen) atoms. The number of hydrogen-bond donors (Lipinski definition) is 0. The van der Waals surface area contributed by atoms with Crippen molar-refractivity contribution < 1.29 is 18.6 Å². The van der Waals surface area contributed by atoms with E-state index >= 15 is 0 Å². The van der Waals surface area contributed by atoms with Crippen molar-refractivity contribution in [1.82, 2.24) is 0 Å². The average molecular weight is 341 g/mol. The molecular formula is C15H14BrFO3. The quantitative estimate of drug-likeness (QED) is 0.816. The van der Waals surface area contributed by atoms with Crippen LogP contribution in [-0.2, 0) is 6.61 Å². The molecule has 0 aliphatic carbocycles. The van der Waals surface area contributed by atoms with E-state index in [1.807, 2.05) is 6.07 Å². The predicted molar refractivity (Wildman–Crippen MR) is 78.0 cm³/mol. The van der Waals surface area contributed by atoms with E-state index in [4.69, 9.17) is 14.2 Å². The van der Waals surface area contributed by atoms with Crippen molar-refractivity contribution in [2.24, 2.45) is 0 Å². The van der Waals surface area contributed by atoms with Crippen LogP contribution in [0.5, 0.6) is 17.2 Å². The lowest BCUT2D eigenvalue weighted by Crippen LogP contribution is -1.99. The molecular weight excluding hydrogens is 327 g/mol. The lowest BCUT2D eigenvalue weighted by molar-refractivity contribution is 0.288. The van der Waals surface area contributed by atoms with Crippen molar-refractivity contribution in [2.75, 3.05) is 14.2 Å². The lowest BCUT2D eigenvalue weighted by atomic mass is 10.2. The van der Waals surface area contributed by atoms with Gasteiger partial charge in [-0.1, -0.05) is 22.0 Å². The molecule has 0 heterocycles. The molecule has 0 amide bonds. The van der Waals surface area contributed by atoms with E-state index in [1.165, 1.54) is 6.07 Å². The molecule has 2 rings (SSSR count). The van der Waals surface area contributed by atoms with E-state index in [2.05, 4.69) is 15.9 Å². The molecule has 3 nitrogen and oxygen atoms in total. The van der Waals surface area contributed by atoms with Crippen LogP contribution in [0.4, 0.5) is 4.39 Å². The van der Waals surface area contributed by atoms with Crippen LogP contribution in [0.25, 0.3) is 0 Å². The van der Waals surface area contributed by atoms with Crippen LogP contribution in [0.1, 0.15) is 5.56 Å². The van der Waals surface area contributed by atoms with E-state index in [0.717, 1.165) is 10.0 Å². The maximum atomic E-state index is 13.5. The smallest absolute Gasteiger partial charge is 0.165 e. The molecule has 0 aromatic heterocycles.